The Bertz CT molecular complexity index is 321. The Labute approximate surface area is 89.2 Å². The molecule has 82 valence electrons. The second kappa shape index (κ2) is 5.46. The predicted octanol–water partition coefficient (Wildman–Crippen LogP) is 1.58. The summed E-state index contributed by atoms with van der Waals surface area (Å²) in [5.41, 5.74) is 6.32. The third-order valence-electron chi connectivity index (χ3n) is 2.13. The van der Waals surface area contributed by atoms with Gasteiger partial charge in [-0.05, 0) is 24.7 Å². The van der Waals surface area contributed by atoms with E-state index < -0.39 is 0 Å². The van der Waals surface area contributed by atoms with Crippen LogP contribution in [-0.2, 0) is 6.54 Å². The zero-order valence-corrected chi connectivity index (χ0v) is 8.83. The molecule has 0 aliphatic rings. The van der Waals surface area contributed by atoms with Gasteiger partial charge in [0.2, 0.25) is 0 Å². The summed E-state index contributed by atoms with van der Waals surface area (Å²) in [4.78, 5) is 2.05. The van der Waals surface area contributed by atoms with E-state index >= 15 is 0 Å². The van der Waals surface area contributed by atoms with Crippen LogP contribution in [0.1, 0.15) is 12.0 Å². The third-order valence-corrected chi connectivity index (χ3v) is 2.13. The van der Waals surface area contributed by atoms with Crippen molar-refractivity contribution in [1.29, 1.82) is 5.41 Å². The minimum absolute atomic E-state index is 0.195. The minimum Gasteiger partial charge on any atom is -0.388 e. The number of nitrogens with zero attached hydrogens (tertiary/aromatic N) is 1. The average Bonchev–Trinajstić information content (AvgIpc) is 2.19. The molecule has 0 aliphatic carbocycles. The molecule has 0 saturated heterocycles. The van der Waals surface area contributed by atoms with Crippen LogP contribution >= 0.6 is 0 Å². The molecule has 0 fully saturated rings. The number of rotatable bonds is 5. The summed E-state index contributed by atoms with van der Waals surface area (Å²) in [5.74, 6) is -0.0221. The van der Waals surface area contributed by atoms with Crippen LogP contribution in [0.2, 0.25) is 0 Å². The lowest BCUT2D eigenvalue weighted by atomic mass is 10.2. The van der Waals surface area contributed by atoms with E-state index in [4.69, 9.17) is 11.1 Å². The Morgan fingerprint density at radius 1 is 1.40 bits per heavy atom. The van der Waals surface area contributed by atoms with E-state index in [-0.39, 0.29) is 11.7 Å². The summed E-state index contributed by atoms with van der Waals surface area (Å²) in [7, 11) is 1.95. The Morgan fingerprint density at radius 3 is 2.53 bits per heavy atom. The molecule has 3 N–H and O–H groups in total. The van der Waals surface area contributed by atoms with Gasteiger partial charge in [0.15, 0.2) is 0 Å². The summed E-state index contributed by atoms with van der Waals surface area (Å²) < 4.78 is 12.6. The fraction of sp³-hybridized carbons (Fsp3) is 0.364. The minimum atomic E-state index is -0.217. The molecule has 0 amide bonds. The van der Waals surface area contributed by atoms with Gasteiger partial charge in [0, 0.05) is 19.5 Å². The van der Waals surface area contributed by atoms with Crippen molar-refractivity contribution in [3.05, 3.63) is 35.6 Å². The molecular formula is C11H16FN3. The summed E-state index contributed by atoms with van der Waals surface area (Å²) in [6, 6.07) is 6.43. The molecule has 0 spiro atoms. The predicted molar refractivity (Wildman–Crippen MR) is 59.3 cm³/mol. The number of benzene rings is 1. The van der Waals surface area contributed by atoms with Crippen LogP contribution in [0.15, 0.2) is 24.3 Å². The first-order valence-electron chi connectivity index (χ1n) is 4.84. The SMILES string of the molecule is CN(CCC(=N)N)Cc1ccc(F)cc1. The summed E-state index contributed by atoms with van der Waals surface area (Å²) in [6.45, 7) is 1.49. The van der Waals surface area contributed by atoms with Crippen LogP contribution in [0.4, 0.5) is 4.39 Å². The molecule has 3 nitrogen and oxygen atoms in total. The van der Waals surface area contributed by atoms with Gasteiger partial charge in [-0.2, -0.15) is 0 Å². The number of hydrogen-bond donors (Lipinski definition) is 2. The maximum absolute atomic E-state index is 12.6. The van der Waals surface area contributed by atoms with Crippen molar-refractivity contribution in [1.82, 2.24) is 4.90 Å². The zero-order chi connectivity index (χ0) is 11.3. The van der Waals surface area contributed by atoms with Crippen molar-refractivity contribution in [3.63, 3.8) is 0 Å². The fourth-order valence-corrected chi connectivity index (χ4v) is 1.29. The first-order chi connectivity index (χ1) is 7.08. The Morgan fingerprint density at radius 2 is 2.00 bits per heavy atom. The van der Waals surface area contributed by atoms with Gasteiger partial charge in [-0.3, -0.25) is 5.41 Å². The normalized spacial score (nSPS) is 10.6. The Hall–Kier alpha value is -1.42. The maximum atomic E-state index is 12.6. The van der Waals surface area contributed by atoms with Crippen LogP contribution in [0.25, 0.3) is 0 Å². The Balaban J connectivity index is 2.40. The molecule has 0 bridgehead atoms. The van der Waals surface area contributed by atoms with E-state index in [1.54, 1.807) is 12.1 Å². The van der Waals surface area contributed by atoms with Gasteiger partial charge in [0.1, 0.15) is 5.82 Å². The van der Waals surface area contributed by atoms with Gasteiger partial charge in [0.25, 0.3) is 0 Å². The van der Waals surface area contributed by atoms with Crippen molar-refractivity contribution in [2.24, 2.45) is 5.73 Å². The van der Waals surface area contributed by atoms with Crippen LogP contribution in [0, 0.1) is 11.2 Å². The summed E-state index contributed by atoms with van der Waals surface area (Å²) in [6.07, 6.45) is 0.567. The lowest BCUT2D eigenvalue weighted by molar-refractivity contribution is 0.336. The quantitative estimate of drug-likeness (QED) is 0.571. The van der Waals surface area contributed by atoms with Gasteiger partial charge in [-0.25, -0.2) is 4.39 Å². The molecule has 1 rings (SSSR count). The topological polar surface area (TPSA) is 53.1 Å². The first-order valence-corrected chi connectivity index (χ1v) is 4.84. The van der Waals surface area contributed by atoms with E-state index in [9.17, 15) is 4.39 Å². The number of nitrogens with one attached hydrogen (secondary N) is 1. The molecule has 1 aromatic carbocycles. The van der Waals surface area contributed by atoms with Gasteiger partial charge in [-0.15, -0.1) is 0 Å². The Kier molecular flexibility index (Phi) is 4.24. The van der Waals surface area contributed by atoms with Crippen molar-refractivity contribution < 1.29 is 4.39 Å². The van der Waals surface area contributed by atoms with E-state index in [0.29, 0.717) is 6.42 Å². The second-order valence-electron chi connectivity index (χ2n) is 3.64. The van der Waals surface area contributed by atoms with E-state index in [1.165, 1.54) is 12.1 Å². The smallest absolute Gasteiger partial charge is 0.123 e. The molecule has 1 aromatic rings. The average molecular weight is 209 g/mol. The fourth-order valence-electron chi connectivity index (χ4n) is 1.29. The molecular weight excluding hydrogens is 193 g/mol. The van der Waals surface area contributed by atoms with Crippen molar-refractivity contribution in [2.45, 2.75) is 13.0 Å². The highest BCUT2D eigenvalue weighted by molar-refractivity contribution is 5.76. The third kappa shape index (κ3) is 4.56. The first kappa shape index (κ1) is 11.7. The summed E-state index contributed by atoms with van der Waals surface area (Å²) in [5, 5.41) is 7.10. The molecule has 4 heteroatoms. The van der Waals surface area contributed by atoms with Crippen molar-refractivity contribution in [3.8, 4) is 0 Å². The lowest BCUT2D eigenvalue weighted by Crippen LogP contribution is -2.23. The van der Waals surface area contributed by atoms with Gasteiger partial charge in [-0.1, -0.05) is 12.1 Å². The molecule has 0 radical (unpaired) electrons. The monoisotopic (exact) mass is 209 g/mol. The zero-order valence-electron chi connectivity index (χ0n) is 8.83. The molecule has 0 atom stereocenters. The number of nitrogens with two attached hydrogens (primary N) is 1. The highest BCUT2D eigenvalue weighted by atomic mass is 19.1. The lowest BCUT2D eigenvalue weighted by Gasteiger charge is -2.15. The number of amidine groups is 1. The van der Waals surface area contributed by atoms with Gasteiger partial charge >= 0.3 is 0 Å². The van der Waals surface area contributed by atoms with E-state index in [0.717, 1.165) is 18.7 Å². The van der Waals surface area contributed by atoms with Crippen LogP contribution < -0.4 is 5.73 Å². The standard InChI is InChI=1S/C11H16FN3/c1-15(7-6-11(13)14)8-9-2-4-10(12)5-3-9/h2-5H,6-8H2,1H3,(H3,13,14). The summed E-state index contributed by atoms with van der Waals surface area (Å²) >= 11 is 0. The molecule has 0 heterocycles. The van der Waals surface area contributed by atoms with Gasteiger partial charge < -0.3 is 10.6 Å². The molecule has 0 saturated carbocycles. The van der Waals surface area contributed by atoms with Gasteiger partial charge in [0.05, 0.1) is 5.84 Å². The van der Waals surface area contributed by atoms with Crippen LogP contribution in [0.3, 0.4) is 0 Å². The maximum Gasteiger partial charge on any atom is 0.123 e. The second-order valence-corrected chi connectivity index (χ2v) is 3.64. The van der Waals surface area contributed by atoms with E-state index in [1.807, 2.05) is 7.05 Å². The number of halogens is 1. The van der Waals surface area contributed by atoms with E-state index in [2.05, 4.69) is 4.90 Å². The van der Waals surface area contributed by atoms with Crippen molar-refractivity contribution in [2.75, 3.05) is 13.6 Å². The molecule has 0 unspecified atom stereocenters. The highest BCUT2D eigenvalue weighted by Crippen LogP contribution is 2.05. The number of hydrogen-bond acceptors (Lipinski definition) is 2. The molecule has 0 aliphatic heterocycles. The molecule has 15 heavy (non-hydrogen) atoms. The molecule has 0 aromatic heterocycles. The largest absolute Gasteiger partial charge is 0.388 e. The van der Waals surface area contributed by atoms with Crippen LogP contribution in [0.5, 0.6) is 0 Å². The van der Waals surface area contributed by atoms with Crippen LogP contribution in [-0.4, -0.2) is 24.3 Å². The highest BCUT2D eigenvalue weighted by Gasteiger charge is 2.01. The van der Waals surface area contributed by atoms with Crippen molar-refractivity contribution >= 4 is 5.84 Å².